The molecule has 2 heterocycles. The zero-order chi connectivity index (χ0) is 28.7. The molecule has 6 nitrogen and oxygen atoms in total. The highest BCUT2D eigenvalue weighted by atomic mass is 35.5. The first-order valence-corrected chi connectivity index (χ1v) is 13.2. The second-order valence-corrected chi connectivity index (χ2v) is 10.5. The minimum Gasteiger partial charge on any atom is -0.493 e. The van der Waals surface area contributed by atoms with Crippen molar-refractivity contribution in [2.75, 3.05) is 20.2 Å². The average molecular weight is 579 g/mol. The largest absolute Gasteiger partial charge is 0.493 e. The molecule has 2 N–H and O–H groups in total. The van der Waals surface area contributed by atoms with Gasteiger partial charge in [0, 0.05) is 36.6 Å². The Labute approximate surface area is 233 Å². The van der Waals surface area contributed by atoms with Crippen molar-refractivity contribution in [2.45, 2.75) is 49.5 Å². The van der Waals surface area contributed by atoms with E-state index in [1.54, 1.807) is 12.1 Å². The minimum atomic E-state index is -5.14. The van der Waals surface area contributed by atoms with Gasteiger partial charge in [-0.05, 0) is 73.4 Å². The van der Waals surface area contributed by atoms with Crippen molar-refractivity contribution in [3.05, 3.63) is 76.2 Å². The molecular weight excluding hydrogens is 552 g/mol. The van der Waals surface area contributed by atoms with E-state index in [2.05, 4.69) is 10.3 Å². The lowest BCUT2D eigenvalue weighted by atomic mass is 9.86. The van der Waals surface area contributed by atoms with Crippen molar-refractivity contribution in [1.29, 1.82) is 0 Å². The Morgan fingerprint density at radius 2 is 1.85 bits per heavy atom. The maximum absolute atomic E-state index is 14.5. The first kappa shape index (κ1) is 28.3. The summed E-state index contributed by atoms with van der Waals surface area (Å²) >= 11 is 5.91. The number of methoxy groups -OCH3 is 1. The van der Waals surface area contributed by atoms with Crippen molar-refractivity contribution in [3.63, 3.8) is 0 Å². The molecule has 11 heteroatoms. The molecule has 2 aliphatic rings. The first-order valence-electron chi connectivity index (χ1n) is 12.8. The molecule has 1 saturated heterocycles. The lowest BCUT2D eigenvalue weighted by Crippen LogP contribution is -2.44. The number of hydrogen-bond donors (Lipinski definition) is 2. The van der Waals surface area contributed by atoms with Crippen molar-refractivity contribution >= 4 is 17.4 Å². The topological polar surface area (TPSA) is 80.7 Å². The minimum absolute atomic E-state index is 0.0899. The number of aromatic nitrogens is 1. The van der Waals surface area contributed by atoms with Crippen LogP contribution in [0.15, 0.2) is 48.5 Å². The van der Waals surface area contributed by atoms with Crippen LogP contribution in [-0.4, -0.2) is 48.4 Å². The van der Waals surface area contributed by atoms with E-state index < -0.39 is 41.9 Å². The van der Waals surface area contributed by atoms with E-state index in [1.165, 1.54) is 37.4 Å². The normalized spacial score (nSPS) is 17.2. The van der Waals surface area contributed by atoms with Crippen LogP contribution in [0.5, 0.6) is 11.5 Å². The van der Waals surface area contributed by atoms with Gasteiger partial charge in [-0.25, -0.2) is 9.37 Å². The number of nitrogens with one attached hydrogen (secondary N) is 1. The highest BCUT2D eigenvalue weighted by Gasteiger charge is 2.56. The predicted molar refractivity (Wildman–Crippen MR) is 140 cm³/mol. The average Bonchev–Trinajstić information content (AvgIpc) is 3.71. The molecule has 0 spiro atoms. The van der Waals surface area contributed by atoms with Gasteiger partial charge in [0.25, 0.3) is 0 Å². The number of ether oxygens (including phenoxy) is 2. The molecule has 3 aromatic rings. The zero-order valence-electron chi connectivity index (χ0n) is 21.5. The van der Waals surface area contributed by atoms with Gasteiger partial charge in [0.15, 0.2) is 17.3 Å². The SMILES string of the molecule is COc1cc(C(=O)CCC(O)(c2cc(C3CNC3)cc(-c3ccc(F)c(Cl)c3)n2)C(F)(F)F)ccc1OC1CC1. The van der Waals surface area contributed by atoms with Crippen LogP contribution in [0.25, 0.3) is 11.3 Å². The van der Waals surface area contributed by atoms with Crippen LogP contribution >= 0.6 is 11.6 Å². The molecule has 1 saturated carbocycles. The molecular formula is C29H27ClF4N2O4. The summed E-state index contributed by atoms with van der Waals surface area (Å²) in [6.45, 7) is 1.08. The van der Waals surface area contributed by atoms with Gasteiger partial charge in [-0.15, -0.1) is 0 Å². The molecule has 0 amide bonds. The van der Waals surface area contributed by atoms with Crippen molar-refractivity contribution in [2.24, 2.45) is 0 Å². The summed E-state index contributed by atoms with van der Waals surface area (Å²) in [4.78, 5) is 17.2. The molecule has 1 aromatic heterocycles. The van der Waals surface area contributed by atoms with Crippen LogP contribution in [0, 0.1) is 5.82 Å². The standard InChI is InChI=1S/C29H27ClF4N2O4/c1-39-26-12-17(3-7-25(26)40-20-4-5-20)24(37)8-9-28(38,29(32,33)34)27-13-18(19-14-35-15-19)11-23(36-27)16-2-6-22(31)21(30)10-16/h2-3,6-7,10-13,19-20,35,38H,4-5,8-9,14-15H2,1H3. The summed E-state index contributed by atoms with van der Waals surface area (Å²) in [6.07, 6.45) is -4.79. The van der Waals surface area contributed by atoms with Crippen molar-refractivity contribution in [3.8, 4) is 22.8 Å². The number of alkyl halides is 3. The van der Waals surface area contributed by atoms with Gasteiger partial charge in [0.2, 0.25) is 5.60 Å². The zero-order valence-corrected chi connectivity index (χ0v) is 22.3. The van der Waals surface area contributed by atoms with E-state index in [-0.39, 0.29) is 28.3 Å². The van der Waals surface area contributed by atoms with E-state index >= 15 is 0 Å². The Kier molecular flexibility index (Phi) is 7.78. The number of halogens is 5. The lowest BCUT2D eigenvalue weighted by molar-refractivity contribution is -0.270. The molecule has 1 unspecified atom stereocenters. The summed E-state index contributed by atoms with van der Waals surface area (Å²) in [5, 5.41) is 14.0. The van der Waals surface area contributed by atoms with Crippen molar-refractivity contribution in [1.82, 2.24) is 10.3 Å². The number of carbonyl (C=O) groups excluding carboxylic acids is 1. The Balaban J connectivity index is 1.46. The van der Waals surface area contributed by atoms with E-state index in [0.717, 1.165) is 18.9 Å². The van der Waals surface area contributed by atoms with E-state index in [9.17, 15) is 27.5 Å². The van der Waals surface area contributed by atoms with Gasteiger partial charge < -0.3 is 19.9 Å². The Bertz CT molecular complexity index is 1430. The quantitative estimate of drug-likeness (QED) is 0.221. The number of Topliss-reactive ketones (excluding diaryl/α,β-unsaturated/α-hetero) is 1. The molecule has 2 fully saturated rings. The molecule has 1 aliphatic heterocycles. The number of rotatable bonds is 10. The third kappa shape index (κ3) is 5.80. The summed E-state index contributed by atoms with van der Waals surface area (Å²) < 4.78 is 68.3. The molecule has 2 aromatic carbocycles. The number of nitrogens with zero attached hydrogens (tertiary/aromatic N) is 1. The maximum Gasteiger partial charge on any atom is 0.422 e. The molecule has 40 heavy (non-hydrogen) atoms. The number of pyridine rings is 1. The van der Waals surface area contributed by atoms with Crippen LogP contribution < -0.4 is 14.8 Å². The number of hydrogen-bond acceptors (Lipinski definition) is 6. The number of benzene rings is 2. The highest BCUT2D eigenvalue weighted by Crippen LogP contribution is 2.44. The summed E-state index contributed by atoms with van der Waals surface area (Å²) in [6, 6.07) is 11.0. The Morgan fingerprint density at radius 1 is 1.10 bits per heavy atom. The van der Waals surface area contributed by atoms with E-state index in [0.29, 0.717) is 35.7 Å². The fraction of sp³-hybridized carbons (Fsp3) is 0.379. The second kappa shape index (κ2) is 11.0. The van der Waals surface area contributed by atoms with Gasteiger partial charge in [0.05, 0.1) is 29.6 Å². The maximum atomic E-state index is 14.5. The van der Waals surface area contributed by atoms with Crippen LogP contribution in [0.4, 0.5) is 17.6 Å². The monoisotopic (exact) mass is 578 g/mol. The smallest absolute Gasteiger partial charge is 0.422 e. The molecule has 1 atom stereocenters. The summed E-state index contributed by atoms with van der Waals surface area (Å²) in [7, 11) is 1.41. The van der Waals surface area contributed by atoms with Gasteiger partial charge in [0.1, 0.15) is 5.82 Å². The molecule has 5 rings (SSSR count). The molecule has 212 valence electrons. The molecule has 0 bridgehead atoms. The van der Waals surface area contributed by atoms with E-state index in [1.807, 2.05) is 0 Å². The van der Waals surface area contributed by atoms with Gasteiger partial charge in [-0.2, -0.15) is 13.2 Å². The fourth-order valence-corrected chi connectivity index (χ4v) is 4.67. The first-order chi connectivity index (χ1) is 19.0. The van der Waals surface area contributed by atoms with Crippen LogP contribution in [0.2, 0.25) is 5.02 Å². The molecule has 0 radical (unpaired) electrons. The number of carbonyl (C=O) groups is 1. The third-order valence-corrected chi connectivity index (χ3v) is 7.52. The van der Waals surface area contributed by atoms with Crippen LogP contribution in [-0.2, 0) is 5.60 Å². The summed E-state index contributed by atoms with van der Waals surface area (Å²) in [5.74, 6) is -0.634. The Morgan fingerprint density at radius 3 is 2.45 bits per heavy atom. The van der Waals surface area contributed by atoms with Gasteiger partial charge >= 0.3 is 6.18 Å². The van der Waals surface area contributed by atoms with Crippen molar-refractivity contribution < 1.29 is 36.9 Å². The van der Waals surface area contributed by atoms with E-state index in [4.69, 9.17) is 21.1 Å². The van der Waals surface area contributed by atoms with Gasteiger partial charge in [-0.1, -0.05) is 11.6 Å². The Hall–Kier alpha value is -3.21. The van der Waals surface area contributed by atoms with Gasteiger partial charge in [-0.3, -0.25) is 4.79 Å². The molecule has 1 aliphatic carbocycles. The third-order valence-electron chi connectivity index (χ3n) is 7.23. The summed E-state index contributed by atoms with van der Waals surface area (Å²) in [5.41, 5.74) is -3.00. The fourth-order valence-electron chi connectivity index (χ4n) is 4.48. The predicted octanol–water partition coefficient (Wildman–Crippen LogP) is 6.19. The highest BCUT2D eigenvalue weighted by molar-refractivity contribution is 6.31. The van der Waals surface area contributed by atoms with Crippen LogP contribution in [0.1, 0.15) is 53.2 Å². The lowest BCUT2D eigenvalue weighted by Gasteiger charge is -2.33. The number of ketones is 1. The number of aliphatic hydroxyl groups is 1. The van der Waals surface area contributed by atoms with Crippen LogP contribution in [0.3, 0.4) is 0 Å². The second-order valence-electron chi connectivity index (χ2n) is 10.1.